The third-order valence-corrected chi connectivity index (χ3v) is 9.37. The zero-order valence-electron chi connectivity index (χ0n) is 21.5. The average Bonchev–Trinajstić information content (AvgIpc) is 3.73. The fourth-order valence-electron chi connectivity index (χ4n) is 4.28. The average molecular weight is 645 g/mol. The summed E-state index contributed by atoms with van der Waals surface area (Å²) in [5.41, 5.74) is 1.06. The number of anilines is 2. The first-order chi connectivity index (χ1) is 20.3. The first-order valence-electron chi connectivity index (χ1n) is 12.5. The van der Waals surface area contributed by atoms with Gasteiger partial charge in [-0.15, -0.1) is 0 Å². The maximum Gasteiger partial charge on any atom is 0.267 e. The van der Waals surface area contributed by atoms with Crippen LogP contribution in [0.5, 0.6) is 23.0 Å². The monoisotopic (exact) mass is 644 g/mol. The summed E-state index contributed by atoms with van der Waals surface area (Å²) in [6.45, 7) is 0.311. The number of amides is 4. The smallest absolute Gasteiger partial charge is 0.267 e. The minimum Gasteiger partial charge on any atom is -0.454 e. The molecule has 0 atom stereocenters. The molecule has 2 saturated heterocycles. The first-order valence-corrected chi connectivity index (χ1v) is 14.9. The number of hydrogen-bond donors (Lipinski definition) is 2. The van der Waals surface area contributed by atoms with E-state index in [-0.39, 0.29) is 69.8 Å². The van der Waals surface area contributed by atoms with Crippen LogP contribution in [-0.2, 0) is 19.2 Å². The Bertz CT molecular complexity index is 1480. The largest absolute Gasteiger partial charge is 0.454 e. The number of benzene rings is 2. The minimum absolute atomic E-state index is 0.0202. The Balaban J connectivity index is 1.03. The van der Waals surface area contributed by atoms with E-state index in [1.165, 1.54) is 9.80 Å². The molecule has 42 heavy (non-hydrogen) atoms. The zero-order valence-corrected chi connectivity index (χ0v) is 24.8. The highest BCUT2D eigenvalue weighted by atomic mass is 32.2. The van der Waals surface area contributed by atoms with Crippen molar-refractivity contribution in [2.45, 2.75) is 12.8 Å². The molecule has 0 bridgehead atoms. The molecule has 0 unspecified atom stereocenters. The first kappa shape index (κ1) is 28.3. The molecule has 0 aliphatic carbocycles. The van der Waals surface area contributed by atoms with Gasteiger partial charge in [-0.2, -0.15) is 0 Å². The molecule has 0 saturated carbocycles. The van der Waals surface area contributed by atoms with E-state index in [4.69, 9.17) is 43.4 Å². The molecular formula is C26H20N4O8S4. The standard InChI is InChI=1S/C26H20N4O8S4/c31-19(27-13-1-3-15-17(9-13)37-11-35-15)5-7-29-23(33)21(41-25(29)39)22-24(34)30(26(40)42-22)8-6-20(32)28-14-2-4-16-18(10-14)38-12-36-16/h1-4,9-10H,5-8,11-12H2,(H,27,31)(H,28,32). The number of fused-ring (bicyclic) bond motifs is 2. The molecule has 2 N–H and O–H groups in total. The van der Waals surface area contributed by atoms with Crippen molar-refractivity contribution in [3.63, 3.8) is 0 Å². The molecule has 4 aliphatic rings. The highest BCUT2D eigenvalue weighted by molar-refractivity contribution is 8.29. The van der Waals surface area contributed by atoms with Crippen LogP contribution in [0.4, 0.5) is 11.4 Å². The molecular weight excluding hydrogens is 625 g/mol. The van der Waals surface area contributed by atoms with Crippen molar-refractivity contribution in [1.29, 1.82) is 0 Å². The summed E-state index contributed by atoms with van der Waals surface area (Å²) in [6.07, 6.45) is -0.0405. The Hall–Kier alpha value is -3.86. The number of nitrogens with zero attached hydrogens (tertiary/aromatic N) is 2. The summed E-state index contributed by atoms with van der Waals surface area (Å²) in [7, 11) is 0. The Morgan fingerprint density at radius 3 is 1.52 bits per heavy atom. The number of thiocarbonyl (C=S) groups is 2. The SMILES string of the molecule is O=C(CCN1C(=O)C(=C2SC(=S)N(CCC(=O)Nc3ccc4c(c3)OCO4)C2=O)SC1=S)Nc1ccc2c(c1)OCO2. The summed E-state index contributed by atoms with van der Waals surface area (Å²) in [5, 5.41) is 5.52. The summed E-state index contributed by atoms with van der Waals surface area (Å²) in [6, 6.07) is 10.1. The van der Waals surface area contributed by atoms with Crippen LogP contribution in [0.15, 0.2) is 46.2 Å². The van der Waals surface area contributed by atoms with Crippen molar-refractivity contribution >= 4 is 91.6 Å². The van der Waals surface area contributed by atoms with Gasteiger partial charge in [-0.25, -0.2) is 0 Å². The van der Waals surface area contributed by atoms with Gasteiger partial charge in [0.25, 0.3) is 11.8 Å². The van der Waals surface area contributed by atoms with E-state index >= 15 is 0 Å². The normalized spacial score (nSPS) is 18.8. The molecule has 4 heterocycles. The molecule has 216 valence electrons. The Kier molecular flexibility index (Phi) is 7.94. The number of thioether (sulfide) groups is 2. The lowest BCUT2D eigenvalue weighted by Crippen LogP contribution is -2.33. The van der Waals surface area contributed by atoms with Crippen LogP contribution in [0.2, 0.25) is 0 Å². The lowest BCUT2D eigenvalue weighted by atomic mass is 10.2. The third-order valence-electron chi connectivity index (χ3n) is 6.34. The number of hydrogen-bond acceptors (Lipinski definition) is 12. The van der Waals surface area contributed by atoms with E-state index < -0.39 is 11.8 Å². The highest BCUT2D eigenvalue weighted by Crippen LogP contribution is 2.42. The van der Waals surface area contributed by atoms with Crippen molar-refractivity contribution in [2.24, 2.45) is 0 Å². The molecule has 6 rings (SSSR count). The van der Waals surface area contributed by atoms with Gasteiger partial charge in [0.2, 0.25) is 25.4 Å². The van der Waals surface area contributed by atoms with Gasteiger partial charge < -0.3 is 29.6 Å². The summed E-state index contributed by atoms with van der Waals surface area (Å²) in [4.78, 5) is 54.4. The maximum atomic E-state index is 13.2. The predicted molar refractivity (Wildman–Crippen MR) is 162 cm³/mol. The summed E-state index contributed by atoms with van der Waals surface area (Å²) < 4.78 is 21.6. The molecule has 2 aromatic rings. The Labute approximate surface area is 258 Å². The second-order valence-electron chi connectivity index (χ2n) is 9.04. The topological polar surface area (TPSA) is 136 Å². The van der Waals surface area contributed by atoms with E-state index in [0.29, 0.717) is 34.4 Å². The molecule has 2 aromatic carbocycles. The van der Waals surface area contributed by atoms with Crippen molar-refractivity contribution in [2.75, 3.05) is 37.3 Å². The van der Waals surface area contributed by atoms with Crippen molar-refractivity contribution in [3.8, 4) is 23.0 Å². The van der Waals surface area contributed by atoms with Crippen LogP contribution in [0.1, 0.15) is 12.8 Å². The maximum absolute atomic E-state index is 13.2. The van der Waals surface area contributed by atoms with Gasteiger partial charge in [0.15, 0.2) is 23.0 Å². The highest BCUT2D eigenvalue weighted by Gasteiger charge is 2.42. The summed E-state index contributed by atoms with van der Waals surface area (Å²) >= 11 is 12.7. The van der Waals surface area contributed by atoms with Crippen molar-refractivity contribution < 1.29 is 38.1 Å². The van der Waals surface area contributed by atoms with Crippen molar-refractivity contribution in [1.82, 2.24) is 9.80 Å². The number of carbonyl (C=O) groups excluding carboxylic acids is 4. The van der Waals surface area contributed by atoms with Gasteiger partial charge in [0, 0.05) is 49.4 Å². The summed E-state index contributed by atoms with van der Waals surface area (Å²) in [5.74, 6) is 0.672. The van der Waals surface area contributed by atoms with E-state index in [1.807, 2.05) is 0 Å². The lowest BCUT2D eigenvalue weighted by Gasteiger charge is -2.15. The van der Waals surface area contributed by atoms with Crippen LogP contribution >= 0.6 is 48.0 Å². The number of carbonyl (C=O) groups is 4. The molecule has 0 radical (unpaired) electrons. The molecule has 2 fully saturated rings. The van der Waals surface area contributed by atoms with Crippen LogP contribution in [0, 0.1) is 0 Å². The fraction of sp³-hybridized carbons (Fsp3) is 0.231. The zero-order chi connectivity index (χ0) is 29.4. The Morgan fingerprint density at radius 1 is 0.690 bits per heavy atom. The van der Waals surface area contributed by atoms with Gasteiger partial charge in [-0.3, -0.25) is 29.0 Å². The number of nitrogens with one attached hydrogen (secondary N) is 2. The molecule has 0 aromatic heterocycles. The fourth-order valence-corrected chi connectivity index (χ4v) is 7.05. The van der Waals surface area contributed by atoms with Gasteiger partial charge >= 0.3 is 0 Å². The van der Waals surface area contributed by atoms with E-state index in [1.54, 1.807) is 36.4 Å². The predicted octanol–water partition coefficient (Wildman–Crippen LogP) is 3.43. The van der Waals surface area contributed by atoms with Crippen LogP contribution in [0.3, 0.4) is 0 Å². The second-order valence-corrected chi connectivity index (χ2v) is 12.3. The molecule has 12 nitrogen and oxygen atoms in total. The van der Waals surface area contributed by atoms with Crippen LogP contribution < -0.4 is 29.6 Å². The molecule has 16 heteroatoms. The van der Waals surface area contributed by atoms with Gasteiger partial charge in [0.05, 0.1) is 9.81 Å². The number of ether oxygens (including phenoxy) is 4. The quantitative estimate of drug-likeness (QED) is 0.322. The molecule has 0 spiro atoms. The van der Waals surface area contributed by atoms with Gasteiger partial charge in [0.1, 0.15) is 8.64 Å². The van der Waals surface area contributed by atoms with Gasteiger partial charge in [-0.1, -0.05) is 48.0 Å². The van der Waals surface area contributed by atoms with E-state index in [2.05, 4.69) is 10.6 Å². The van der Waals surface area contributed by atoms with E-state index in [9.17, 15) is 19.2 Å². The molecule has 4 amide bonds. The second kappa shape index (κ2) is 11.8. The number of rotatable bonds is 8. The molecule has 4 aliphatic heterocycles. The lowest BCUT2D eigenvalue weighted by molar-refractivity contribution is -0.125. The van der Waals surface area contributed by atoms with Crippen LogP contribution in [-0.4, -0.2) is 68.7 Å². The minimum atomic E-state index is -0.470. The Morgan fingerprint density at radius 2 is 1.10 bits per heavy atom. The third kappa shape index (κ3) is 5.74. The van der Waals surface area contributed by atoms with Crippen LogP contribution in [0.25, 0.3) is 0 Å². The van der Waals surface area contributed by atoms with Crippen molar-refractivity contribution in [3.05, 3.63) is 46.2 Å². The van der Waals surface area contributed by atoms with E-state index in [0.717, 1.165) is 23.5 Å². The van der Waals surface area contributed by atoms with Gasteiger partial charge in [-0.05, 0) is 24.3 Å².